The molecule has 0 radical (unpaired) electrons. The largest absolute Gasteiger partial charge is 0.493 e. The van der Waals surface area contributed by atoms with E-state index in [0.29, 0.717) is 17.4 Å². The van der Waals surface area contributed by atoms with Crippen molar-refractivity contribution in [3.8, 4) is 17.4 Å². The number of hydrogen-bond donors (Lipinski definition) is 0. The number of aromatic nitrogens is 2. The Morgan fingerprint density at radius 3 is 2.68 bits per heavy atom. The molecule has 0 bridgehead atoms. The maximum atomic E-state index is 5.86. The molecular formula is C14H12N2O2S. The van der Waals surface area contributed by atoms with Gasteiger partial charge in [-0.15, -0.1) is 11.3 Å². The van der Waals surface area contributed by atoms with Gasteiger partial charge in [-0.05, 0) is 25.1 Å². The monoisotopic (exact) mass is 272 g/mol. The quantitative estimate of drug-likeness (QED) is 0.727. The van der Waals surface area contributed by atoms with E-state index in [0.717, 1.165) is 10.2 Å². The van der Waals surface area contributed by atoms with Gasteiger partial charge in [0.2, 0.25) is 5.88 Å². The molecule has 2 aromatic heterocycles. The van der Waals surface area contributed by atoms with Crippen LogP contribution in [0.1, 0.15) is 4.88 Å². The fourth-order valence-corrected chi connectivity index (χ4v) is 2.68. The molecule has 0 saturated heterocycles. The molecule has 2 heterocycles. The Bertz CT molecular complexity index is 724. The number of ether oxygens (including phenoxy) is 2. The van der Waals surface area contributed by atoms with Gasteiger partial charge in [-0.2, -0.15) is 0 Å². The Balaban J connectivity index is 2.05. The van der Waals surface area contributed by atoms with E-state index in [2.05, 4.69) is 9.97 Å². The summed E-state index contributed by atoms with van der Waals surface area (Å²) >= 11 is 1.62. The average Bonchev–Trinajstić information content (AvgIpc) is 2.81. The van der Waals surface area contributed by atoms with Gasteiger partial charge < -0.3 is 9.47 Å². The number of hydrogen-bond acceptors (Lipinski definition) is 5. The summed E-state index contributed by atoms with van der Waals surface area (Å²) in [5.41, 5.74) is 0. The molecule has 1 aromatic carbocycles. The van der Waals surface area contributed by atoms with Gasteiger partial charge in [-0.1, -0.05) is 12.1 Å². The highest BCUT2D eigenvalue weighted by molar-refractivity contribution is 7.18. The van der Waals surface area contributed by atoms with Gasteiger partial charge in [0.15, 0.2) is 11.5 Å². The lowest BCUT2D eigenvalue weighted by Gasteiger charge is -2.09. The first-order chi connectivity index (χ1) is 9.28. The SMILES string of the molecule is COc1ccccc1Oc1ncnc2sc(C)cc12. The van der Waals surface area contributed by atoms with Crippen LogP contribution in [0.5, 0.6) is 17.4 Å². The molecule has 0 aliphatic carbocycles. The van der Waals surface area contributed by atoms with Crippen LogP contribution in [0.3, 0.4) is 0 Å². The van der Waals surface area contributed by atoms with Gasteiger partial charge >= 0.3 is 0 Å². The van der Waals surface area contributed by atoms with Crippen molar-refractivity contribution in [2.45, 2.75) is 6.92 Å². The van der Waals surface area contributed by atoms with Crippen molar-refractivity contribution >= 4 is 21.6 Å². The molecule has 0 saturated carbocycles. The summed E-state index contributed by atoms with van der Waals surface area (Å²) in [6, 6.07) is 9.54. The first-order valence-corrected chi connectivity index (χ1v) is 6.61. The number of methoxy groups -OCH3 is 1. The topological polar surface area (TPSA) is 44.2 Å². The molecule has 0 unspecified atom stereocenters. The standard InChI is InChI=1S/C14H12N2O2S/c1-9-7-10-13(15-8-16-14(10)19-9)18-12-6-4-3-5-11(12)17-2/h3-8H,1-2H3. The second-order valence-corrected chi connectivity index (χ2v) is 5.24. The summed E-state index contributed by atoms with van der Waals surface area (Å²) in [5, 5.41) is 0.927. The van der Waals surface area contributed by atoms with Crippen LogP contribution in [0.2, 0.25) is 0 Å². The van der Waals surface area contributed by atoms with Crippen molar-refractivity contribution in [2.75, 3.05) is 7.11 Å². The van der Waals surface area contributed by atoms with Gasteiger partial charge in [-0.3, -0.25) is 0 Å². The molecule has 96 valence electrons. The van der Waals surface area contributed by atoms with E-state index in [1.54, 1.807) is 18.4 Å². The average molecular weight is 272 g/mol. The van der Waals surface area contributed by atoms with Crippen molar-refractivity contribution in [1.29, 1.82) is 0 Å². The molecule has 4 nitrogen and oxygen atoms in total. The Labute approximate surface area is 114 Å². The summed E-state index contributed by atoms with van der Waals surface area (Å²) in [6.07, 6.45) is 1.52. The van der Waals surface area contributed by atoms with E-state index >= 15 is 0 Å². The first-order valence-electron chi connectivity index (χ1n) is 5.80. The molecule has 0 spiro atoms. The fraction of sp³-hybridized carbons (Fsp3) is 0.143. The minimum Gasteiger partial charge on any atom is -0.493 e. The van der Waals surface area contributed by atoms with Crippen molar-refractivity contribution in [2.24, 2.45) is 0 Å². The lowest BCUT2D eigenvalue weighted by atomic mass is 10.3. The lowest BCUT2D eigenvalue weighted by Crippen LogP contribution is -1.92. The summed E-state index contributed by atoms with van der Waals surface area (Å²) in [4.78, 5) is 10.6. The Morgan fingerprint density at radius 2 is 1.89 bits per heavy atom. The highest BCUT2D eigenvalue weighted by Crippen LogP contribution is 2.35. The molecule has 5 heteroatoms. The van der Waals surface area contributed by atoms with Gasteiger partial charge in [-0.25, -0.2) is 9.97 Å². The van der Waals surface area contributed by atoms with Crippen LogP contribution in [0.15, 0.2) is 36.7 Å². The minimum atomic E-state index is 0.554. The third-order valence-electron chi connectivity index (χ3n) is 2.69. The highest BCUT2D eigenvalue weighted by Gasteiger charge is 2.11. The molecule has 3 aromatic rings. The predicted octanol–water partition coefficient (Wildman–Crippen LogP) is 3.80. The molecule has 0 fully saturated rings. The zero-order chi connectivity index (χ0) is 13.2. The number of aryl methyl sites for hydroxylation is 1. The molecule has 0 aliphatic heterocycles. The summed E-state index contributed by atoms with van der Waals surface area (Å²) < 4.78 is 11.1. The van der Waals surface area contributed by atoms with Crippen molar-refractivity contribution in [1.82, 2.24) is 9.97 Å². The maximum absolute atomic E-state index is 5.86. The van der Waals surface area contributed by atoms with Crippen molar-refractivity contribution in [3.63, 3.8) is 0 Å². The molecule has 0 aliphatic rings. The summed E-state index contributed by atoms with van der Waals surface area (Å²) in [5.74, 6) is 1.88. The third-order valence-corrected chi connectivity index (χ3v) is 3.65. The molecule has 0 N–H and O–H groups in total. The van der Waals surface area contributed by atoms with E-state index < -0.39 is 0 Å². The van der Waals surface area contributed by atoms with E-state index in [4.69, 9.17) is 9.47 Å². The van der Waals surface area contributed by atoms with Crippen LogP contribution in [0.25, 0.3) is 10.2 Å². The third kappa shape index (κ3) is 2.24. The second-order valence-electron chi connectivity index (χ2n) is 4.01. The maximum Gasteiger partial charge on any atom is 0.231 e. The van der Waals surface area contributed by atoms with E-state index in [9.17, 15) is 0 Å². The fourth-order valence-electron chi connectivity index (χ4n) is 1.84. The van der Waals surface area contributed by atoms with Gasteiger partial charge in [0.1, 0.15) is 11.2 Å². The smallest absolute Gasteiger partial charge is 0.231 e. The van der Waals surface area contributed by atoms with Crippen molar-refractivity contribution < 1.29 is 9.47 Å². The zero-order valence-electron chi connectivity index (χ0n) is 10.6. The van der Waals surface area contributed by atoms with Gasteiger partial charge in [0.25, 0.3) is 0 Å². The van der Waals surface area contributed by atoms with Crippen LogP contribution in [0, 0.1) is 6.92 Å². The number of thiophene rings is 1. The molecule has 0 amide bonds. The van der Waals surface area contributed by atoms with Crippen molar-refractivity contribution in [3.05, 3.63) is 41.5 Å². The van der Waals surface area contributed by atoms with E-state index in [-0.39, 0.29) is 0 Å². The normalized spacial score (nSPS) is 10.6. The van der Waals surface area contributed by atoms with Gasteiger partial charge in [0.05, 0.1) is 12.5 Å². The number of fused-ring (bicyclic) bond motifs is 1. The van der Waals surface area contributed by atoms with E-state index in [1.807, 2.05) is 37.3 Å². The van der Waals surface area contributed by atoms with Crippen LogP contribution in [0.4, 0.5) is 0 Å². The predicted molar refractivity (Wildman–Crippen MR) is 75.2 cm³/mol. The first kappa shape index (κ1) is 11.9. The minimum absolute atomic E-state index is 0.554. The van der Waals surface area contributed by atoms with Gasteiger partial charge in [0, 0.05) is 4.88 Å². The summed E-state index contributed by atoms with van der Waals surface area (Å²) in [6.45, 7) is 2.04. The van der Waals surface area contributed by atoms with Crippen LogP contribution in [-0.4, -0.2) is 17.1 Å². The number of para-hydroxylation sites is 2. The molecule has 19 heavy (non-hydrogen) atoms. The second kappa shape index (κ2) is 4.85. The van der Waals surface area contributed by atoms with E-state index in [1.165, 1.54) is 11.2 Å². The molecule has 0 atom stereocenters. The highest BCUT2D eigenvalue weighted by atomic mass is 32.1. The Hall–Kier alpha value is -2.14. The summed E-state index contributed by atoms with van der Waals surface area (Å²) in [7, 11) is 1.62. The molecular weight excluding hydrogens is 260 g/mol. The Morgan fingerprint density at radius 1 is 1.11 bits per heavy atom. The number of nitrogens with zero attached hydrogens (tertiary/aromatic N) is 2. The van der Waals surface area contributed by atoms with Crippen LogP contribution in [-0.2, 0) is 0 Å². The number of benzene rings is 1. The molecule has 3 rings (SSSR count). The van der Waals surface area contributed by atoms with Crippen LogP contribution >= 0.6 is 11.3 Å². The number of rotatable bonds is 3. The zero-order valence-corrected chi connectivity index (χ0v) is 11.4. The lowest BCUT2D eigenvalue weighted by molar-refractivity contribution is 0.375. The van der Waals surface area contributed by atoms with Crippen LogP contribution < -0.4 is 9.47 Å². The Kier molecular flexibility index (Phi) is 3.05.